The maximum atomic E-state index is 13.2. The highest BCUT2D eigenvalue weighted by Gasteiger charge is 2.29. The molecule has 148 valence electrons. The van der Waals surface area contributed by atoms with E-state index in [2.05, 4.69) is 18.7 Å². The molecule has 1 aromatic carbocycles. The molecule has 1 aliphatic heterocycles. The second kappa shape index (κ2) is 7.30. The van der Waals surface area contributed by atoms with Crippen molar-refractivity contribution in [3.05, 3.63) is 51.2 Å². The fraction of sp³-hybridized carbons (Fsp3) is 0.476. The molecule has 0 bridgehead atoms. The van der Waals surface area contributed by atoms with Crippen molar-refractivity contribution in [3.63, 3.8) is 0 Å². The van der Waals surface area contributed by atoms with E-state index in [4.69, 9.17) is 4.98 Å². The van der Waals surface area contributed by atoms with Gasteiger partial charge >= 0.3 is 5.69 Å². The Bertz CT molecular complexity index is 1110. The number of rotatable bonds is 5. The van der Waals surface area contributed by atoms with Crippen LogP contribution in [0.3, 0.4) is 0 Å². The third-order valence-corrected chi connectivity index (χ3v) is 5.50. The summed E-state index contributed by atoms with van der Waals surface area (Å²) in [7, 11) is 1.70. The Morgan fingerprint density at radius 3 is 2.57 bits per heavy atom. The minimum Gasteiger partial charge on any atom is -0.312 e. The van der Waals surface area contributed by atoms with Gasteiger partial charge in [-0.3, -0.25) is 13.9 Å². The molecule has 1 unspecified atom stereocenters. The van der Waals surface area contributed by atoms with Crippen molar-refractivity contribution < 1.29 is 0 Å². The number of fused-ring (bicyclic) bond motifs is 3. The van der Waals surface area contributed by atoms with Gasteiger partial charge in [-0.25, -0.2) is 4.79 Å². The molecule has 7 nitrogen and oxygen atoms in total. The van der Waals surface area contributed by atoms with Gasteiger partial charge in [0.25, 0.3) is 5.56 Å². The summed E-state index contributed by atoms with van der Waals surface area (Å²) in [5.41, 5.74) is 1.52. The first-order valence-corrected chi connectivity index (χ1v) is 10.1. The minimum absolute atomic E-state index is 0.227. The van der Waals surface area contributed by atoms with Crippen molar-refractivity contribution in [1.82, 2.24) is 18.7 Å². The Kier molecular flexibility index (Phi) is 4.83. The zero-order valence-electron chi connectivity index (χ0n) is 16.8. The lowest BCUT2D eigenvalue weighted by Crippen LogP contribution is -2.40. The molecule has 0 N–H and O–H groups in total. The molecule has 0 spiro atoms. The summed E-state index contributed by atoms with van der Waals surface area (Å²) in [5.74, 6) is 1.09. The summed E-state index contributed by atoms with van der Waals surface area (Å²) < 4.78 is 4.88. The van der Waals surface area contributed by atoms with Crippen molar-refractivity contribution in [3.8, 4) is 0 Å². The van der Waals surface area contributed by atoms with E-state index in [1.165, 1.54) is 9.13 Å². The lowest BCUT2D eigenvalue weighted by atomic mass is 10.1. The highest BCUT2D eigenvalue weighted by atomic mass is 16.2. The first-order valence-electron chi connectivity index (χ1n) is 10.1. The van der Waals surface area contributed by atoms with Crippen molar-refractivity contribution in [2.45, 2.75) is 46.2 Å². The van der Waals surface area contributed by atoms with E-state index in [-0.39, 0.29) is 11.2 Å². The zero-order chi connectivity index (χ0) is 19.8. The van der Waals surface area contributed by atoms with Crippen LogP contribution in [0.2, 0.25) is 0 Å². The Morgan fingerprint density at radius 2 is 1.86 bits per heavy atom. The molecule has 2 aromatic heterocycles. The van der Waals surface area contributed by atoms with Gasteiger partial charge < -0.3 is 9.47 Å². The smallest absolute Gasteiger partial charge is 0.312 e. The van der Waals surface area contributed by atoms with Crippen LogP contribution in [0.5, 0.6) is 0 Å². The van der Waals surface area contributed by atoms with E-state index >= 15 is 0 Å². The number of benzene rings is 1. The number of para-hydroxylation sites is 1. The number of nitrogens with zero attached hydrogens (tertiary/aromatic N) is 5. The summed E-state index contributed by atoms with van der Waals surface area (Å²) in [4.78, 5) is 32.9. The lowest BCUT2D eigenvalue weighted by molar-refractivity contribution is 0.457. The van der Waals surface area contributed by atoms with Gasteiger partial charge in [0.15, 0.2) is 11.2 Å². The Morgan fingerprint density at radius 1 is 1.11 bits per heavy atom. The molecule has 3 heterocycles. The normalized spacial score (nSPS) is 16.5. The van der Waals surface area contributed by atoms with Gasteiger partial charge in [-0.05, 0) is 24.5 Å². The number of unbranched alkanes of at least 4 members (excludes halogenated alkanes) is 2. The van der Waals surface area contributed by atoms with E-state index in [0.29, 0.717) is 23.6 Å². The second-order valence-corrected chi connectivity index (χ2v) is 7.75. The average molecular weight is 381 g/mol. The number of aryl methyl sites for hydroxylation is 1. The van der Waals surface area contributed by atoms with Crippen LogP contribution in [0.1, 0.15) is 33.1 Å². The van der Waals surface area contributed by atoms with Gasteiger partial charge in [-0.15, -0.1) is 0 Å². The van der Waals surface area contributed by atoms with E-state index in [9.17, 15) is 9.59 Å². The highest BCUT2D eigenvalue weighted by molar-refractivity contribution is 5.77. The molecule has 3 aromatic rings. The third kappa shape index (κ3) is 2.95. The van der Waals surface area contributed by atoms with E-state index in [1.54, 1.807) is 7.05 Å². The van der Waals surface area contributed by atoms with E-state index in [0.717, 1.165) is 44.0 Å². The molecular weight excluding hydrogens is 354 g/mol. The minimum atomic E-state index is -0.289. The Labute approximate surface area is 163 Å². The SMILES string of the molecule is CCCCCn1c(=O)c2c(nc3n2CC(C)CN3c2ccccc2)n(C)c1=O. The molecule has 0 radical (unpaired) electrons. The van der Waals surface area contributed by atoms with Crippen molar-refractivity contribution in [2.24, 2.45) is 13.0 Å². The largest absolute Gasteiger partial charge is 0.332 e. The van der Waals surface area contributed by atoms with Gasteiger partial charge in [-0.1, -0.05) is 44.9 Å². The van der Waals surface area contributed by atoms with Crippen molar-refractivity contribution >= 4 is 22.8 Å². The molecule has 0 saturated heterocycles. The van der Waals surface area contributed by atoms with Crippen molar-refractivity contribution in [2.75, 3.05) is 11.4 Å². The Hall–Kier alpha value is -2.83. The van der Waals surface area contributed by atoms with Gasteiger partial charge in [0.1, 0.15) is 0 Å². The summed E-state index contributed by atoms with van der Waals surface area (Å²) in [5, 5.41) is 0. The zero-order valence-corrected chi connectivity index (χ0v) is 16.8. The van der Waals surface area contributed by atoms with E-state index in [1.807, 2.05) is 34.9 Å². The predicted octanol–water partition coefficient (Wildman–Crippen LogP) is 2.87. The quantitative estimate of drug-likeness (QED) is 0.638. The number of imidazole rings is 1. The number of hydrogen-bond donors (Lipinski definition) is 0. The van der Waals surface area contributed by atoms with Crippen LogP contribution in [0.4, 0.5) is 11.6 Å². The lowest BCUT2D eigenvalue weighted by Gasteiger charge is -2.32. The van der Waals surface area contributed by atoms with Gasteiger partial charge in [0.05, 0.1) is 0 Å². The number of aromatic nitrogens is 4. The molecule has 28 heavy (non-hydrogen) atoms. The average Bonchev–Trinajstić information content (AvgIpc) is 3.08. The molecule has 7 heteroatoms. The molecule has 1 aliphatic rings. The summed E-state index contributed by atoms with van der Waals surface area (Å²) in [6.45, 7) is 6.28. The summed E-state index contributed by atoms with van der Waals surface area (Å²) >= 11 is 0. The molecule has 0 amide bonds. The molecule has 0 aliphatic carbocycles. The maximum absolute atomic E-state index is 13.2. The first-order chi connectivity index (χ1) is 13.5. The van der Waals surface area contributed by atoms with Crippen LogP contribution in [0.25, 0.3) is 11.2 Å². The number of anilines is 2. The standard InChI is InChI=1S/C21H27N5O2/c1-4-5-9-12-24-19(27)17-18(23(3)21(24)28)22-20-25(13-15(2)14-26(17)20)16-10-7-6-8-11-16/h6-8,10-11,15H,4-5,9,12-14H2,1-3H3. The van der Waals surface area contributed by atoms with Crippen LogP contribution >= 0.6 is 0 Å². The summed E-state index contributed by atoms with van der Waals surface area (Å²) in [6.07, 6.45) is 2.87. The topological polar surface area (TPSA) is 65.1 Å². The second-order valence-electron chi connectivity index (χ2n) is 7.75. The number of hydrogen-bond acceptors (Lipinski definition) is 4. The van der Waals surface area contributed by atoms with Gasteiger partial charge in [0.2, 0.25) is 5.95 Å². The maximum Gasteiger partial charge on any atom is 0.332 e. The van der Waals surface area contributed by atoms with Crippen LogP contribution < -0.4 is 16.1 Å². The van der Waals surface area contributed by atoms with Crippen LogP contribution in [0, 0.1) is 5.92 Å². The third-order valence-electron chi connectivity index (χ3n) is 5.50. The van der Waals surface area contributed by atoms with Crippen LogP contribution in [-0.2, 0) is 20.1 Å². The molecule has 4 rings (SSSR count). The highest BCUT2D eigenvalue weighted by Crippen LogP contribution is 2.32. The molecular formula is C21H27N5O2. The predicted molar refractivity (Wildman–Crippen MR) is 111 cm³/mol. The van der Waals surface area contributed by atoms with Crippen molar-refractivity contribution in [1.29, 1.82) is 0 Å². The van der Waals surface area contributed by atoms with Crippen LogP contribution in [-0.4, -0.2) is 25.2 Å². The fourth-order valence-corrected chi connectivity index (χ4v) is 4.05. The molecule has 0 saturated carbocycles. The van der Waals surface area contributed by atoms with Crippen LogP contribution in [0.15, 0.2) is 39.9 Å². The molecule has 1 atom stereocenters. The fourth-order valence-electron chi connectivity index (χ4n) is 4.05. The first kappa shape index (κ1) is 18.5. The Balaban J connectivity index is 1.93. The van der Waals surface area contributed by atoms with Gasteiger partial charge in [0, 0.05) is 32.4 Å². The monoisotopic (exact) mass is 381 g/mol. The summed E-state index contributed by atoms with van der Waals surface area (Å²) in [6, 6.07) is 10.1. The van der Waals surface area contributed by atoms with Gasteiger partial charge in [-0.2, -0.15) is 4.98 Å². The van der Waals surface area contributed by atoms with E-state index < -0.39 is 0 Å². The molecule has 0 fully saturated rings.